The molecule has 2 bridgehead atoms. The van der Waals surface area contributed by atoms with Crippen molar-refractivity contribution in [3.63, 3.8) is 0 Å². The van der Waals surface area contributed by atoms with E-state index in [1.165, 1.54) is 19.3 Å². The van der Waals surface area contributed by atoms with Crippen molar-refractivity contribution in [3.8, 4) is 0 Å². The number of halogens is 2. The lowest BCUT2D eigenvalue weighted by Crippen LogP contribution is -2.38. The summed E-state index contributed by atoms with van der Waals surface area (Å²) in [5, 5.41) is 4.09. The quantitative estimate of drug-likeness (QED) is 0.876. The fraction of sp³-hybridized carbons (Fsp3) is 0.500. The first-order valence-corrected chi connectivity index (χ1v) is 7.15. The number of carbonyl (C=O) groups is 1. The molecule has 2 fully saturated rings. The molecule has 3 atom stereocenters. The molecule has 0 unspecified atom stereocenters. The fourth-order valence-corrected chi connectivity index (χ4v) is 3.84. The fourth-order valence-electron chi connectivity index (χ4n) is 3.34. The third-order valence-corrected chi connectivity index (χ3v) is 4.78. The summed E-state index contributed by atoms with van der Waals surface area (Å²) < 4.78 is 0. The second-order valence-electron chi connectivity index (χ2n) is 5.38. The van der Waals surface area contributed by atoms with Crippen LogP contribution >= 0.6 is 23.2 Å². The van der Waals surface area contributed by atoms with Gasteiger partial charge in [-0.3, -0.25) is 4.79 Å². The zero-order valence-electron chi connectivity index (χ0n) is 9.96. The number of hydrogen-bond acceptors (Lipinski definition) is 1. The van der Waals surface area contributed by atoms with Crippen LogP contribution < -0.4 is 5.32 Å². The molecule has 2 saturated carbocycles. The largest absolute Gasteiger partial charge is 0.349 e. The maximum Gasteiger partial charge on any atom is 0.253 e. The van der Waals surface area contributed by atoms with Crippen LogP contribution in [0.2, 0.25) is 10.0 Å². The molecular weight excluding hydrogens is 269 g/mol. The maximum absolute atomic E-state index is 12.2. The molecule has 2 aliphatic rings. The lowest BCUT2D eigenvalue weighted by molar-refractivity contribution is 0.0923. The van der Waals surface area contributed by atoms with E-state index in [2.05, 4.69) is 5.32 Å². The van der Waals surface area contributed by atoms with Crippen molar-refractivity contribution in [2.24, 2.45) is 11.8 Å². The van der Waals surface area contributed by atoms with Crippen molar-refractivity contribution < 1.29 is 4.79 Å². The Bertz CT molecular complexity index is 489. The highest BCUT2D eigenvalue weighted by molar-refractivity contribution is 6.36. The highest BCUT2D eigenvalue weighted by Crippen LogP contribution is 2.44. The summed E-state index contributed by atoms with van der Waals surface area (Å²) >= 11 is 11.9. The summed E-state index contributed by atoms with van der Waals surface area (Å²) in [5.74, 6) is 1.42. The van der Waals surface area contributed by atoms with Gasteiger partial charge in [-0.2, -0.15) is 0 Å². The van der Waals surface area contributed by atoms with Gasteiger partial charge in [-0.25, -0.2) is 0 Å². The van der Waals surface area contributed by atoms with Crippen LogP contribution in [-0.2, 0) is 0 Å². The van der Waals surface area contributed by atoms with Crippen molar-refractivity contribution in [3.05, 3.63) is 33.8 Å². The molecule has 3 rings (SSSR count). The van der Waals surface area contributed by atoms with Crippen molar-refractivity contribution in [2.75, 3.05) is 0 Å². The standard InChI is InChI=1S/C14H15Cl2NO/c15-10-3-4-11(12(16)7-10)14(18)17-13-6-8-1-2-9(13)5-8/h3-4,7-9,13H,1-2,5-6H2,(H,17,18)/t8-,9-,13+/m1/s1. The summed E-state index contributed by atoms with van der Waals surface area (Å²) in [6.07, 6.45) is 4.99. The van der Waals surface area contributed by atoms with Gasteiger partial charge in [0.25, 0.3) is 5.91 Å². The van der Waals surface area contributed by atoms with E-state index in [-0.39, 0.29) is 5.91 Å². The molecule has 18 heavy (non-hydrogen) atoms. The predicted octanol–water partition coefficient (Wildman–Crippen LogP) is 3.91. The number of nitrogens with one attached hydrogen (secondary N) is 1. The Morgan fingerprint density at radius 3 is 2.67 bits per heavy atom. The number of rotatable bonds is 2. The van der Waals surface area contributed by atoms with Gasteiger partial charge in [0.15, 0.2) is 0 Å². The Morgan fingerprint density at radius 2 is 2.06 bits per heavy atom. The van der Waals surface area contributed by atoms with E-state index in [4.69, 9.17) is 23.2 Å². The van der Waals surface area contributed by atoms with E-state index < -0.39 is 0 Å². The van der Waals surface area contributed by atoms with Gasteiger partial charge in [0, 0.05) is 11.1 Å². The first-order chi connectivity index (χ1) is 8.63. The predicted molar refractivity (Wildman–Crippen MR) is 73.2 cm³/mol. The SMILES string of the molecule is O=C(N[C@H]1C[C@@H]2CC[C@@H]1C2)c1ccc(Cl)cc1Cl. The third-order valence-electron chi connectivity index (χ3n) is 4.23. The Labute approximate surface area is 117 Å². The molecule has 0 spiro atoms. The summed E-state index contributed by atoms with van der Waals surface area (Å²) in [4.78, 5) is 12.2. The van der Waals surface area contributed by atoms with E-state index in [0.717, 1.165) is 12.3 Å². The van der Waals surface area contributed by atoms with Crippen molar-refractivity contribution in [2.45, 2.75) is 31.7 Å². The summed E-state index contributed by atoms with van der Waals surface area (Å²) in [6.45, 7) is 0. The van der Waals surface area contributed by atoms with Crippen LogP contribution in [0.1, 0.15) is 36.0 Å². The van der Waals surface area contributed by atoms with Crippen molar-refractivity contribution in [1.82, 2.24) is 5.32 Å². The summed E-state index contributed by atoms with van der Waals surface area (Å²) in [5.41, 5.74) is 0.517. The van der Waals surface area contributed by atoms with Gasteiger partial charge in [-0.1, -0.05) is 29.6 Å². The molecule has 1 amide bonds. The van der Waals surface area contributed by atoms with E-state index in [0.29, 0.717) is 27.6 Å². The Morgan fingerprint density at radius 1 is 1.22 bits per heavy atom. The highest BCUT2D eigenvalue weighted by Gasteiger charge is 2.40. The molecule has 0 heterocycles. The molecule has 1 aromatic rings. The van der Waals surface area contributed by atoms with Crippen LogP contribution in [0.5, 0.6) is 0 Å². The van der Waals surface area contributed by atoms with Gasteiger partial charge in [-0.15, -0.1) is 0 Å². The highest BCUT2D eigenvalue weighted by atomic mass is 35.5. The van der Waals surface area contributed by atoms with Crippen LogP contribution in [0.15, 0.2) is 18.2 Å². The van der Waals surface area contributed by atoms with Gasteiger partial charge >= 0.3 is 0 Å². The number of hydrogen-bond donors (Lipinski definition) is 1. The third kappa shape index (κ3) is 2.24. The molecule has 0 aromatic heterocycles. The van der Waals surface area contributed by atoms with Crippen LogP contribution in [0, 0.1) is 11.8 Å². The molecule has 96 valence electrons. The lowest BCUT2D eigenvalue weighted by atomic mass is 9.95. The van der Waals surface area contributed by atoms with E-state index in [1.54, 1.807) is 18.2 Å². The average molecular weight is 284 g/mol. The lowest BCUT2D eigenvalue weighted by Gasteiger charge is -2.23. The number of amides is 1. The minimum atomic E-state index is -0.0748. The van der Waals surface area contributed by atoms with Gasteiger partial charge in [0.2, 0.25) is 0 Å². The van der Waals surface area contributed by atoms with Gasteiger partial charge in [-0.05, 0) is 49.3 Å². The minimum absolute atomic E-state index is 0.0748. The van der Waals surface area contributed by atoms with Gasteiger partial charge in [0.05, 0.1) is 10.6 Å². The van der Waals surface area contributed by atoms with Crippen LogP contribution in [0.3, 0.4) is 0 Å². The van der Waals surface area contributed by atoms with E-state index >= 15 is 0 Å². The first-order valence-electron chi connectivity index (χ1n) is 6.39. The average Bonchev–Trinajstić information content (AvgIpc) is 2.90. The Hall–Kier alpha value is -0.730. The molecule has 4 heteroatoms. The van der Waals surface area contributed by atoms with E-state index in [1.807, 2.05) is 0 Å². The molecule has 2 aliphatic carbocycles. The number of benzene rings is 1. The van der Waals surface area contributed by atoms with Crippen LogP contribution in [0.4, 0.5) is 0 Å². The van der Waals surface area contributed by atoms with Crippen LogP contribution in [0.25, 0.3) is 0 Å². The number of fused-ring (bicyclic) bond motifs is 2. The molecule has 0 aliphatic heterocycles. The molecule has 1 N–H and O–H groups in total. The Balaban J connectivity index is 1.71. The van der Waals surface area contributed by atoms with E-state index in [9.17, 15) is 4.79 Å². The zero-order valence-corrected chi connectivity index (χ0v) is 11.5. The molecular formula is C14H15Cl2NO. The normalized spacial score (nSPS) is 29.6. The molecule has 1 aromatic carbocycles. The topological polar surface area (TPSA) is 29.1 Å². The van der Waals surface area contributed by atoms with Gasteiger partial charge < -0.3 is 5.32 Å². The molecule has 2 nitrogen and oxygen atoms in total. The van der Waals surface area contributed by atoms with Crippen LogP contribution in [-0.4, -0.2) is 11.9 Å². The maximum atomic E-state index is 12.2. The Kier molecular flexibility index (Phi) is 3.25. The summed E-state index contributed by atoms with van der Waals surface area (Å²) in [7, 11) is 0. The van der Waals surface area contributed by atoms with Gasteiger partial charge in [0.1, 0.15) is 0 Å². The monoisotopic (exact) mass is 283 g/mol. The molecule has 0 radical (unpaired) electrons. The second kappa shape index (κ2) is 4.75. The minimum Gasteiger partial charge on any atom is -0.349 e. The number of carbonyl (C=O) groups excluding carboxylic acids is 1. The smallest absolute Gasteiger partial charge is 0.253 e. The first kappa shape index (κ1) is 12.3. The summed E-state index contributed by atoms with van der Waals surface area (Å²) in [6, 6.07) is 5.33. The van der Waals surface area contributed by atoms with Crippen molar-refractivity contribution >= 4 is 29.1 Å². The zero-order chi connectivity index (χ0) is 12.7. The van der Waals surface area contributed by atoms with Crippen molar-refractivity contribution in [1.29, 1.82) is 0 Å². The molecule has 0 saturated heterocycles. The second-order valence-corrected chi connectivity index (χ2v) is 6.22.